The van der Waals surface area contributed by atoms with Crippen molar-refractivity contribution in [1.82, 2.24) is 0 Å². The van der Waals surface area contributed by atoms with Crippen LogP contribution in [-0.4, -0.2) is 37.2 Å². The summed E-state index contributed by atoms with van der Waals surface area (Å²) in [5.41, 5.74) is 0. The van der Waals surface area contributed by atoms with E-state index in [1.54, 1.807) is 0 Å². The van der Waals surface area contributed by atoms with Crippen molar-refractivity contribution in [3.05, 3.63) is 97.2 Å². The van der Waals surface area contributed by atoms with Gasteiger partial charge in [0.25, 0.3) is 0 Å². The maximum atomic E-state index is 12.9. The Morgan fingerprint density at radius 1 is 0.266 bits per heavy atom. The Morgan fingerprint density at radius 3 is 0.797 bits per heavy atom. The molecule has 0 heterocycles. The first-order valence-corrected chi connectivity index (χ1v) is 33.7. The van der Waals surface area contributed by atoms with Crippen molar-refractivity contribution in [3.63, 3.8) is 0 Å². The van der Waals surface area contributed by atoms with E-state index >= 15 is 0 Å². The molecule has 0 aliphatic heterocycles. The lowest BCUT2D eigenvalue weighted by atomic mass is 10.0. The van der Waals surface area contributed by atoms with Crippen LogP contribution in [0.4, 0.5) is 0 Å². The fraction of sp³-hybridized carbons (Fsp3) is 0.740. The molecule has 79 heavy (non-hydrogen) atoms. The van der Waals surface area contributed by atoms with E-state index in [4.69, 9.17) is 14.2 Å². The Hall–Kier alpha value is -3.67. The minimum absolute atomic E-state index is 0.0840. The van der Waals surface area contributed by atoms with Gasteiger partial charge in [-0.25, -0.2) is 0 Å². The zero-order valence-corrected chi connectivity index (χ0v) is 52.1. The van der Waals surface area contributed by atoms with Crippen LogP contribution in [0.1, 0.15) is 329 Å². The number of carbonyl (C=O) groups excluding carboxylic acids is 3. The van der Waals surface area contributed by atoms with E-state index in [-0.39, 0.29) is 31.1 Å². The van der Waals surface area contributed by atoms with Crippen molar-refractivity contribution in [1.29, 1.82) is 0 Å². The van der Waals surface area contributed by atoms with E-state index in [2.05, 4.69) is 118 Å². The number of rotatable bonds is 61. The highest BCUT2D eigenvalue weighted by molar-refractivity contribution is 5.71. The molecule has 0 aliphatic carbocycles. The van der Waals surface area contributed by atoms with Crippen LogP contribution in [0, 0.1) is 0 Å². The molecule has 0 aliphatic rings. The fourth-order valence-corrected chi connectivity index (χ4v) is 9.50. The normalized spacial score (nSPS) is 12.7. The molecule has 0 aromatic rings. The minimum atomic E-state index is -0.789. The number of unbranched alkanes of at least 4 members (excludes halogenated alkanes) is 34. The highest BCUT2D eigenvalue weighted by Gasteiger charge is 2.19. The second kappa shape index (κ2) is 66.8. The van der Waals surface area contributed by atoms with E-state index in [0.717, 1.165) is 109 Å². The van der Waals surface area contributed by atoms with Gasteiger partial charge < -0.3 is 14.2 Å². The van der Waals surface area contributed by atoms with Crippen LogP contribution < -0.4 is 0 Å². The van der Waals surface area contributed by atoms with Crippen molar-refractivity contribution >= 4 is 17.9 Å². The van der Waals surface area contributed by atoms with Gasteiger partial charge in [0, 0.05) is 19.3 Å². The van der Waals surface area contributed by atoms with Gasteiger partial charge in [-0.2, -0.15) is 0 Å². The summed E-state index contributed by atoms with van der Waals surface area (Å²) >= 11 is 0. The molecular weight excluding hydrogens is 973 g/mol. The molecule has 0 aromatic heterocycles. The van der Waals surface area contributed by atoms with Gasteiger partial charge in [0.15, 0.2) is 6.10 Å². The van der Waals surface area contributed by atoms with Gasteiger partial charge in [-0.3, -0.25) is 14.4 Å². The third kappa shape index (κ3) is 65.0. The average molecular weight is 1100 g/mol. The highest BCUT2D eigenvalue weighted by Crippen LogP contribution is 2.16. The van der Waals surface area contributed by atoms with E-state index in [1.165, 1.54) is 180 Å². The van der Waals surface area contributed by atoms with Crippen molar-refractivity contribution in [2.24, 2.45) is 0 Å². The summed E-state index contributed by atoms with van der Waals surface area (Å²) in [4.78, 5) is 38.4. The maximum Gasteiger partial charge on any atom is 0.306 e. The SMILES string of the molecule is CC/C=C\C/C=C\C/C=C\C/C=C\C/C=C\CCCCCCCCCCCCCC(=O)OCC(COC(=O)CCCCCCC/C=C\C/C=C\CCCCCC)OC(=O)CCCCCCCCC/C=C\CCCCCCCCC. The third-order valence-electron chi connectivity index (χ3n) is 14.5. The first-order chi connectivity index (χ1) is 39.0. The molecule has 0 amide bonds. The minimum Gasteiger partial charge on any atom is -0.462 e. The van der Waals surface area contributed by atoms with Gasteiger partial charge in [-0.15, -0.1) is 0 Å². The number of hydrogen-bond donors (Lipinski definition) is 0. The predicted molar refractivity (Wildman–Crippen MR) is 344 cm³/mol. The van der Waals surface area contributed by atoms with E-state index < -0.39 is 6.10 Å². The molecule has 0 bridgehead atoms. The number of esters is 3. The average Bonchev–Trinajstić information content (AvgIpc) is 3.45. The van der Waals surface area contributed by atoms with Crippen LogP contribution in [0.2, 0.25) is 0 Å². The standard InChI is InChI=1S/C73H126O6/c1-4-7-10-13-16-19-22-25-28-31-33-34-35-36-37-38-39-40-41-43-45-48-51-54-57-60-63-66-72(75)78-69-70(68-77-71(74)65-62-59-56-53-50-47-44-30-27-24-21-18-15-12-9-6-3)79-73(76)67-64-61-58-55-52-49-46-42-32-29-26-23-20-17-14-11-8-5-2/h7,10,16,19,21,24-25,28-30,32-34,36-37,44,70H,4-6,8-9,11-15,17-18,20,22-23,26-27,31,35,38-43,45-69H2,1-3H3/b10-7-,19-16-,24-21-,28-25-,32-29-,34-33-,37-36-,44-30-. The topological polar surface area (TPSA) is 78.9 Å². The van der Waals surface area contributed by atoms with Crippen LogP contribution in [0.15, 0.2) is 97.2 Å². The van der Waals surface area contributed by atoms with E-state index in [1.807, 2.05) is 0 Å². The lowest BCUT2D eigenvalue weighted by Crippen LogP contribution is -2.30. The summed E-state index contributed by atoms with van der Waals surface area (Å²) in [5, 5.41) is 0. The smallest absolute Gasteiger partial charge is 0.306 e. The maximum absolute atomic E-state index is 12.9. The number of carbonyl (C=O) groups is 3. The molecule has 1 atom stereocenters. The van der Waals surface area contributed by atoms with Crippen LogP contribution in [0.25, 0.3) is 0 Å². The zero-order chi connectivity index (χ0) is 57.1. The Bertz CT molecular complexity index is 1540. The summed E-state index contributed by atoms with van der Waals surface area (Å²) in [7, 11) is 0. The van der Waals surface area contributed by atoms with Gasteiger partial charge in [0.2, 0.25) is 0 Å². The monoisotopic (exact) mass is 1100 g/mol. The van der Waals surface area contributed by atoms with Gasteiger partial charge in [0.1, 0.15) is 13.2 Å². The van der Waals surface area contributed by atoms with E-state index in [9.17, 15) is 14.4 Å². The van der Waals surface area contributed by atoms with Crippen molar-refractivity contribution in [2.45, 2.75) is 335 Å². The van der Waals surface area contributed by atoms with Crippen LogP contribution in [0.5, 0.6) is 0 Å². The molecule has 6 nitrogen and oxygen atoms in total. The highest BCUT2D eigenvalue weighted by atomic mass is 16.6. The lowest BCUT2D eigenvalue weighted by Gasteiger charge is -2.18. The quantitative estimate of drug-likeness (QED) is 0.0261. The van der Waals surface area contributed by atoms with Crippen molar-refractivity contribution < 1.29 is 28.6 Å². The fourth-order valence-electron chi connectivity index (χ4n) is 9.50. The Balaban J connectivity index is 4.34. The van der Waals surface area contributed by atoms with Crippen molar-refractivity contribution in [2.75, 3.05) is 13.2 Å². The molecule has 0 rings (SSSR count). The second-order valence-corrected chi connectivity index (χ2v) is 22.3. The summed E-state index contributed by atoms with van der Waals surface area (Å²) in [6.07, 6.45) is 89.8. The molecule has 0 N–H and O–H groups in total. The Kier molecular flexibility index (Phi) is 63.7. The molecule has 454 valence electrons. The van der Waals surface area contributed by atoms with Crippen LogP contribution in [0.3, 0.4) is 0 Å². The molecule has 0 saturated heterocycles. The predicted octanol–water partition coefficient (Wildman–Crippen LogP) is 23.2. The summed E-state index contributed by atoms with van der Waals surface area (Å²) < 4.78 is 17.0. The molecule has 0 aromatic carbocycles. The molecule has 0 fully saturated rings. The van der Waals surface area contributed by atoms with E-state index in [0.29, 0.717) is 19.3 Å². The van der Waals surface area contributed by atoms with Gasteiger partial charge in [-0.05, 0) is 122 Å². The number of hydrogen-bond acceptors (Lipinski definition) is 6. The van der Waals surface area contributed by atoms with Gasteiger partial charge in [0.05, 0.1) is 0 Å². The van der Waals surface area contributed by atoms with Gasteiger partial charge in [-0.1, -0.05) is 285 Å². The van der Waals surface area contributed by atoms with Gasteiger partial charge >= 0.3 is 17.9 Å². The molecule has 0 radical (unpaired) electrons. The second-order valence-electron chi connectivity index (χ2n) is 22.3. The van der Waals surface area contributed by atoms with Crippen molar-refractivity contribution in [3.8, 4) is 0 Å². The summed E-state index contributed by atoms with van der Waals surface area (Å²) in [5.74, 6) is -0.892. The number of ether oxygens (including phenoxy) is 3. The molecular formula is C73H126O6. The first kappa shape index (κ1) is 75.3. The Labute approximate surface area is 489 Å². The zero-order valence-electron chi connectivity index (χ0n) is 52.1. The summed E-state index contributed by atoms with van der Waals surface area (Å²) in [6.45, 7) is 6.52. The Morgan fingerprint density at radius 2 is 0.494 bits per heavy atom. The molecule has 1 unspecified atom stereocenters. The summed E-state index contributed by atoms with van der Waals surface area (Å²) in [6, 6.07) is 0. The largest absolute Gasteiger partial charge is 0.462 e. The lowest BCUT2D eigenvalue weighted by molar-refractivity contribution is -0.167. The first-order valence-electron chi connectivity index (χ1n) is 33.7. The molecule has 0 saturated carbocycles. The third-order valence-corrected chi connectivity index (χ3v) is 14.5. The molecule has 0 spiro atoms. The molecule has 6 heteroatoms. The van der Waals surface area contributed by atoms with Crippen LogP contribution >= 0.6 is 0 Å². The number of allylic oxidation sites excluding steroid dienone is 16. The van der Waals surface area contributed by atoms with Crippen LogP contribution in [-0.2, 0) is 28.6 Å².